The van der Waals surface area contributed by atoms with Gasteiger partial charge in [0.1, 0.15) is 0 Å². The van der Waals surface area contributed by atoms with Crippen LogP contribution in [0.25, 0.3) is 0 Å². The van der Waals surface area contributed by atoms with Gasteiger partial charge in [0.2, 0.25) is 0 Å². The molecule has 0 aliphatic rings. The summed E-state index contributed by atoms with van der Waals surface area (Å²) < 4.78 is 5.40. The van der Waals surface area contributed by atoms with E-state index in [2.05, 4.69) is 33.4 Å². The lowest BCUT2D eigenvalue weighted by atomic mass is 10.2. The second kappa shape index (κ2) is 3.71. The maximum Gasteiger partial charge on any atom is 0.339 e. The van der Waals surface area contributed by atoms with Crippen molar-refractivity contribution < 1.29 is 9.53 Å². The average Bonchev–Trinajstić information content (AvgIpc) is 2.04. The molecule has 0 fully saturated rings. The highest BCUT2D eigenvalue weighted by Crippen LogP contribution is 2.11. The zero-order valence-electron chi connectivity index (χ0n) is 5.93. The van der Waals surface area contributed by atoms with Crippen molar-refractivity contribution in [3.8, 4) is 0 Å². The predicted molar refractivity (Wildman–Crippen MR) is 49.3 cm³/mol. The van der Waals surface area contributed by atoms with Crippen LogP contribution >= 0.6 is 22.6 Å². The quantitative estimate of drug-likeness (QED) is 0.570. The Balaban J connectivity index is 3.03. The number of halogens is 1. The topological polar surface area (TPSA) is 26.3 Å². The maximum atomic E-state index is 11.0. The van der Waals surface area contributed by atoms with E-state index in [-0.39, 0.29) is 5.97 Å². The summed E-state index contributed by atoms with van der Waals surface area (Å²) in [5.41, 5.74) is 0.496. The minimum atomic E-state index is -0.338. The minimum absolute atomic E-state index is 0.338. The SMILES string of the molecule is COC(=O)c1[c]cccc1I. The molecule has 11 heavy (non-hydrogen) atoms. The molecule has 0 aromatic heterocycles. The number of methoxy groups -OCH3 is 1. The first-order chi connectivity index (χ1) is 5.25. The smallest absolute Gasteiger partial charge is 0.339 e. The molecule has 0 N–H and O–H groups in total. The first-order valence-electron chi connectivity index (χ1n) is 3.00. The third kappa shape index (κ3) is 1.92. The van der Waals surface area contributed by atoms with Gasteiger partial charge in [0.25, 0.3) is 0 Å². The number of hydrogen-bond donors (Lipinski definition) is 0. The Kier molecular flexibility index (Phi) is 2.87. The summed E-state index contributed by atoms with van der Waals surface area (Å²) in [5.74, 6) is -0.338. The van der Waals surface area contributed by atoms with Gasteiger partial charge in [0.15, 0.2) is 0 Å². The molecule has 1 aromatic rings. The maximum absolute atomic E-state index is 11.0. The van der Waals surface area contributed by atoms with Crippen LogP contribution in [-0.4, -0.2) is 13.1 Å². The molecule has 0 unspecified atom stereocenters. The molecule has 3 heteroatoms. The van der Waals surface area contributed by atoms with E-state index in [1.807, 2.05) is 12.1 Å². The summed E-state index contributed by atoms with van der Waals surface area (Å²) >= 11 is 2.07. The van der Waals surface area contributed by atoms with Gasteiger partial charge in [-0.2, -0.15) is 0 Å². The molecule has 1 radical (unpaired) electrons. The first kappa shape index (κ1) is 8.52. The Hall–Kier alpha value is -0.580. The van der Waals surface area contributed by atoms with Crippen LogP contribution in [0.5, 0.6) is 0 Å². The highest BCUT2D eigenvalue weighted by Gasteiger charge is 2.07. The van der Waals surface area contributed by atoms with Crippen LogP contribution in [0.3, 0.4) is 0 Å². The van der Waals surface area contributed by atoms with Crippen molar-refractivity contribution in [2.24, 2.45) is 0 Å². The third-order valence-corrected chi connectivity index (χ3v) is 2.09. The summed E-state index contributed by atoms with van der Waals surface area (Å²) in [4.78, 5) is 11.0. The van der Waals surface area contributed by atoms with E-state index in [0.29, 0.717) is 5.56 Å². The molecule has 1 aromatic carbocycles. The van der Waals surface area contributed by atoms with Crippen molar-refractivity contribution in [2.75, 3.05) is 7.11 Å². The van der Waals surface area contributed by atoms with Gasteiger partial charge in [-0.05, 0) is 34.7 Å². The number of carbonyl (C=O) groups excluding carboxylic acids is 1. The van der Waals surface area contributed by atoms with Crippen LogP contribution in [-0.2, 0) is 4.74 Å². The van der Waals surface area contributed by atoms with Gasteiger partial charge in [-0.3, -0.25) is 0 Å². The van der Waals surface area contributed by atoms with Crippen LogP contribution in [0.1, 0.15) is 10.4 Å². The van der Waals surface area contributed by atoms with Crippen LogP contribution in [0, 0.1) is 9.64 Å². The molecule has 0 amide bonds. The fourth-order valence-corrected chi connectivity index (χ4v) is 1.26. The zero-order chi connectivity index (χ0) is 8.27. The van der Waals surface area contributed by atoms with E-state index < -0.39 is 0 Å². The molecule has 0 bridgehead atoms. The molecule has 57 valence electrons. The highest BCUT2D eigenvalue weighted by molar-refractivity contribution is 14.1. The lowest BCUT2D eigenvalue weighted by Gasteiger charge is -1.99. The molecule has 0 saturated heterocycles. The van der Waals surface area contributed by atoms with Crippen molar-refractivity contribution in [3.63, 3.8) is 0 Å². The Morgan fingerprint density at radius 1 is 1.73 bits per heavy atom. The molecule has 2 nitrogen and oxygen atoms in total. The number of ether oxygens (including phenoxy) is 1. The number of hydrogen-bond acceptors (Lipinski definition) is 2. The Morgan fingerprint density at radius 2 is 2.45 bits per heavy atom. The van der Waals surface area contributed by atoms with E-state index in [9.17, 15) is 4.79 Å². The van der Waals surface area contributed by atoms with E-state index in [0.717, 1.165) is 3.57 Å². The molecule has 0 atom stereocenters. The standard InChI is InChI=1S/C8H6IO2/c1-11-8(10)6-4-2-3-5-7(6)9/h2-3,5H,1H3. The van der Waals surface area contributed by atoms with Gasteiger partial charge in [-0.25, -0.2) is 4.79 Å². The highest BCUT2D eigenvalue weighted by atomic mass is 127. The van der Waals surface area contributed by atoms with Crippen LogP contribution < -0.4 is 0 Å². The lowest BCUT2D eigenvalue weighted by Crippen LogP contribution is -2.03. The molecule has 0 saturated carbocycles. The second-order valence-corrected chi connectivity index (χ2v) is 3.05. The number of rotatable bonds is 1. The summed E-state index contributed by atoms with van der Waals surface area (Å²) in [5, 5.41) is 0. The monoisotopic (exact) mass is 261 g/mol. The summed E-state index contributed by atoms with van der Waals surface area (Å²) in [6.07, 6.45) is 0. The van der Waals surface area contributed by atoms with Gasteiger partial charge in [0, 0.05) is 3.57 Å². The molecule has 0 aliphatic heterocycles. The fraction of sp³-hybridized carbons (Fsp3) is 0.125. The Labute approximate surface area is 78.7 Å². The Morgan fingerprint density at radius 3 is 3.00 bits per heavy atom. The number of carbonyl (C=O) groups is 1. The second-order valence-electron chi connectivity index (χ2n) is 1.88. The molecule has 0 aliphatic carbocycles. The van der Waals surface area contributed by atoms with Gasteiger partial charge >= 0.3 is 5.97 Å². The minimum Gasteiger partial charge on any atom is -0.465 e. The average molecular weight is 261 g/mol. The van der Waals surface area contributed by atoms with Gasteiger partial charge in [-0.15, -0.1) is 0 Å². The fourth-order valence-electron chi connectivity index (χ4n) is 0.675. The third-order valence-electron chi connectivity index (χ3n) is 1.19. The van der Waals surface area contributed by atoms with Crippen LogP contribution in [0.15, 0.2) is 18.2 Å². The van der Waals surface area contributed by atoms with Gasteiger partial charge in [0.05, 0.1) is 12.7 Å². The first-order valence-corrected chi connectivity index (χ1v) is 4.08. The van der Waals surface area contributed by atoms with Crippen LogP contribution in [0.4, 0.5) is 0 Å². The zero-order valence-corrected chi connectivity index (χ0v) is 8.08. The molecular formula is C8H6IO2. The van der Waals surface area contributed by atoms with Crippen molar-refractivity contribution in [1.82, 2.24) is 0 Å². The lowest BCUT2D eigenvalue weighted by molar-refractivity contribution is 0.0599. The molecular weight excluding hydrogens is 255 g/mol. The summed E-state index contributed by atoms with van der Waals surface area (Å²) in [6, 6.07) is 8.16. The van der Waals surface area contributed by atoms with Crippen molar-refractivity contribution in [1.29, 1.82) is 0 Å². The normalized spacial score (nSPS) is 9.27. The van der Waals surface area contributed by atoms with Crippen LogP contribution in [0.2, 0.25) is 0 Å². The summed E-state index contributed by atoms with van der Waals surface area (Å²) in [6.45, 7) is 0. The van der Waals surface area contributed by atoms with Crippen molar-refractivity contribution >= 4 is 28.6 Å². The van der Waals surface area contributed by atoms with E-state index in [1.54, 1.807) is 6.07 Å². The number of esters is 1. The predicted octanol–water partition coefficient (Wildman–Crippen LogP) is 1.88. The largest absolute Gasteiger partial charge is 0.465 e. The van der Waals surface area contributed by atoms with Gasteiger partial charge < -0.3 is 4.74 Å². The molecule has 1 rings (SSSR count). The van der Waals surface area contributed by atoms with Crippen molar-refractivity contribution in [2.45, 2.75) is 0 Å². The van der Waals surface area contributed by atoms with E-state index in [1.165, 1.54) is 7.11 Å². The van der Waals surface area contributed by atoms with E-state index in [4.69, 9.17) is 0 Å². The van der Waals surface area contributed by atoms with E-state index >= 15 is 0 Å². The molecule has 0 heterocycles. The Bertz CT molecular complexity index is 271. The van der Waals surface area contributed by atoms with Gasteiger partial charge in [-0.1, -0.05) is 12.1 Å². The van der Waals surface area contributed by atoms with Crippen molar-refractivity contribution in [3.05, 3.63) is 33.4 Å². The number of benzene rings is 1. The molecule has 0 spiro atoms. The summed E-state index contributed by atoms with van der Waals surface area (Å²) in [7, 11) is 1.36.